The summed E-state index contributed by atoms with van der Waals surface area (Å²) in [5.74, 6) is -1.24. The fraction of sp³-hybridized carbons (Fsp3) is 0.400. The third-order valence-electron chi connectivity index (χ3n) is 2.05. The van der Waals surface area contributed by atoms with Crippen molar-refractivity contribution >= 4 is 11.7 Å². The van der Waals surface area contributed by atoms with E-state index in [9.17, 15) is 26.7 Å². The van der Waals surface area contributed by atoms with Gasteiger partial charge in [0.25, 0.3) is 6.43 Å². The van der Waals surface area contributed by atoms with E-state index in [2.05, 4.69) is 9.72 Å². The van der Waals surface area contributed by atoms with Crippen LogP contribution in [0.3, 0.4) is 0 Å². The lowest BCUT2D eigenvalue weighted by molar-refractivity contribution is -0.141. The molecule has 0 saturated heterocycles. The second kappa shape index (κ2) is 5.37. The molecular weight excluding hydrogens is 275 g/mol. The first-order chi connectivity index (χ1) is 8.68. The molecule has 0 fully saturated rings. The summed E-state index contributed by atoms with van der Waals surface area (Å²) in [6, 6.07) is 0.318. The van der Waals surface area contributed by atoms with Gasteiger partial charge >= 0.3 is 12.1 Å². The number of aromatic nitrogens is 1. The average molecular weight is 284 g/mol. The van der Waals surface area contributed by atoms with Gasteiger partial charge in [-0.2, -0.15) is 13.2 Å². The van der Waals surface area contributed by atoms with E-state index in [1.165, 1.54) is 6.92 Å². The number of nitrogens with two attached hydrogens (primary N) is 1. The molecule has 2 N–H and O–H groups in total. The van der Waals surface area contributed by atoms with Gasteiger partial charge in [0.05, 0.1) is 12.3 Å². The predicted octanol–water partition coefficient (Wildman–Crippen LogP) is 2.80. The normalized spacial score (nSPS) is 11.7. The summed E-state index contributed by atoms with van der Waals surface area (Å²) in [5.41, 5.74) is 0.686. The van der Waals surface area contributed by atoms with Crippen LogP contribution in [0.1, 0.15) is 35.1 Å². The third-order valence-corrected chi connectivity index (χ3v) is 2.05. The number of anilines is 1. The molecule has 0 radical (unpaired) electrons. The molecule has 0 aromatic carbocycles. The van der Waals surface area contributed by atoms with Crippen molar-refractivity contribution in [1.82, 2.24) is 4.98 Å². The number of hydrogen-bond acceptors (Lipinski definition) is 4. The highest BCUT2D eigenvalue weighted by Crippen LogP contribution is 2.34. The number of carbonyl (C=O) groups excluding carboxylic acids is 1. The maximum atomic E-state index is 12.7. The van der Waals surface area contributed by atoms with Crippen LogP contribution in [-0.4, -0.2) is 17.6 Å². The van der Waals surface area contributed by atoms with Crippen LogP contribution in [0.15, 0.2) is 6.07 Å². The summed E-state index contributed by atoms with van der Waals surface area (Å²) in [6.45, 7) is 1.27. The van der Waals surface area contributed by atoms with Gasteiger partial charge in [-0.05, 0) is 13.0 Å². The van der Waals surface area contributed by atoms with Crippen molar-refractivity contribution in [1.29, 1.82) is 0 Å². The zero-order valence-corrected chi connectivity index (χ0v) is 9.59. The largest absolute Gasteiger partial charge is 0.462 e. The number of ether oxygens (including phenoxy) is 1. The van der Waals surface area contributed by atoms with E-state index in [1.807, 2.05) is 0 Å². The summed E-state index contributed by atoms with van der Waals surface area (Å²) >= 11 is 0. The van der Waals surface area contributed by atoms with Crippen LogP contribution in [0.25, 0.3) is 0 Å². The van der Waals surface area contributed by atoms with Crippen LogP contribution in [0, 0.1) is 0 Å². The van der Waals surface area contributed by atoms with Gasteiger partial charge in [-0.15, -0.1) is 0 Å². The molecular formula is C10H9F5N2O2. The number of esters is 1. The number of carbonyl (C=O) groups is 1. The van der Waals surface area contributed by atoms with Crippen LogP contribution in [-0.2, 0) is 10.9 Å². The highest BCUT2D eigenvalue weighted by atomic mass is 19.4. The zero-order valence-electron chi connectivity index (χ0n) is 9.59. The lowest BCUT2D eigenvalue weighted by Crippen LogP contribution is -2.17. The Bertz CT molecular complexity index is 488. The molecule has 1 aromatic rings. The second-order valence-electron chi connectivity index (χ2n) is 3.38. The van der Waals surface area contributed by atoms with Gasteiger partial charge < -0.3 is 10.5 Å². The molecule has 0 spiro atoms. The van der Waals surface area contributed by atoms with Crippen LogP contribution >= 0.6 is 0 Å². The van der Waals surface area contributed by atoms with Gasteiger partial charge in [0.15, 0.2) is 0 Å². The standard InChI is InChI=1S/C10H9F5N2O2/c1-2-19-9(18)6-4(16)3-5(10(13,14)15)17-7(6)8(11)12/h3,8H,2H2,1H3,(H2,16,17). The number of nitrogens with zero attached hydrogens (tertiary/aromatic N) is 1. The Labute approximate surface area is 104 Å². The van der Waals surface area contributed by atoms with Crippen molar-refractivity contribution in [3.63, 3.8) is 0 Å². The Balaban J connectivity index is 3.44. The highest BCUT2D eigenvalue weighted by Gasteiger charge is 2.36. The fourth-order valence-electron chi connectivity index (χ4n) is 1.31. The lowest BCUT2D eigenvalue weighted by atomic mass is 10.1. The fourth-order valence-corrected chi connectivity index (χ4v) is 1.31. The van der Waals surface area contributed by atoms with Crippen molar-refractivity contribution in [2.45, 2.75) is 19.5 Å². The molecule has 0 aliphatic heterocycles. The van der Waals surface area contributed by atoms with Crippen molar-refractivity contribution in [3.8, 4) is 0 Å². The third kappa shape index (κ3) is 3.30. The Morgan fingerprint density at radius 2 is 2.05 bits per heavy atom. The Morgan fingerprint density at radius 3 is 2.47 bits per heavy atom. The quantitative estimate of drug-likeness (QED) is 0.684. The maximum absolute atomic E-state index is 12.7. The van der Waals surface area contributed by atoms with E-state index < -0.39 is 41.2 Å². The number of nitrogen functional groups attached to an aromatic ring is 1. The van der Waals surface area contributed by atoms with Gasteiger partial charge in [0.1, 0.15) is 17.0 Å². The first-order valence-electron chi connectivity index (χ1n) is 5.01. The van der Waals surface area contributed by atoms with Crippen LogP contribution < -0.4 is 5.73 Å². The highest BCUT2D eigenvalue weighted by molar-refractivity contribution is 5.96. The SMILES string of the molecule is CCOC(=O)c1c(N)cc(C(F)(F)F)nc1C(F)F. The van der Waals surface area contributed by atoms with Gasteiger partial charge in [-0.1, -0.05) is 0 Å². The summed E-state index contributed by atoms with van der Waals surface area (Å²) < 4.78 is 67.1. The molecule has 1 heterocycles. The predicted molar refractivity (Wildman–Crippen MR) is 54.6 cm³/mol. The molecule has 19 heavy (non-hydrogen) atoms. The number of rotatable bonds is 3. The van der Waals surface area contributed by atoms with Crippen molar-refractivity contribution < 1.29 is 31.5 Å². The zero-order chi connectivity index (χ0) is 14.8. The van der Waals surface area contributed by atoms with Crippen molar-refractivity contribution in [3.05, 3.63) is 23.0 Å². The molecule has 1 aromatic heterocycles. The molecule has 0 atom stereocenters. The monoisotopic (exact) mass is 284 g/mol. The number of alkyl halides is 5. The molecule has 0 unspecified atom stereocenters. The number of pyridine rings is 1. The molecule has 9 heteroatoms. The van der Waals surface area contributed by atoms with E-state index in [0.717, 1.165) is 0 Å². The summed E-state index contributed by atoms with van der Waals surface area (Å²) in [7, 11) is 0. The number of halogens is 5. The van der Waals surface area contributed by atoms with Gasteiger partial charge in [0.2, 0.25) is 0 Å². The molecule has 0 aliphatic carbocycles. The van der Waals surface area contributed by atoms with Gasteiger partial charge in [0, 0.05) is 0 Å². The Morgan fingerprint density at radius 1 is 1.47 bits per heavy atom. The topological polar surface area (TPSA) is 65.2 Å². The minimum atomic E-state index is -4.94. The molecule has 106 valence electrons. The average Bonchev–Trinajstić information content (AvgIpc) is 2.26. The maximum Gasteiger partial charge on any atom is 0.433 e. The van der Waals surface area contributed by atoms with E-state index in [1.54, 1.807) is 0 Å². The number of hydrogen-bond donors (Lipinski definition) is 1. The molecule has 0 saturated carbocycles. The smallest absolute Gasteiger partial charge is 0.433 e. The first-order valence-corrected chi connectivity index (χ1v) is 5.01. The molecule has 4 nitrogen and oxygen atoms in total. The minimum absolute atomic E-state index is 0.137. The van der Waals surface area contributed by atoms with E-state index in [-0.39, 0.29) is 6.61 Å². The Kier molecular flexibility index (Phi) is 4.28. The summed E-state index contributed by atoms with van der Waals surface area (Å²) in [6.07, 6.45) is -8.32. The van der Waals surface area contributed by atoms with Crippen LogP contribution in [0.4, 0.5) is 27.6 Å². The first kappa shape index (κ1) is 15.1. The molecule has 0 bridgehead atoms. The summed E-state index contributed by atoms with van der Waals surface area (Å²) in [4.78, 5) is 14.1. The van der Waals surface area contributed by atoms with Crippen LogP contribution in [0.5, 0.6) is 0 Å². The van der Waals surface area contributed by atoms with E-state index in [4.69, 9.17) is 5.73 Å². The molecule has 0 amide bonds. The van der Waals surface area contributed by atoms with Gasteiger partial charge in [-0.3, -0.25) is 0 Å². The summed E-state index contributed by atoms with van der Waals surface area (Å²) in [5, 5.41) is 0. The second-order valence-corrected chi connectivity index (χ2v) is 3.38. The minimum Gasteiger partial charge on any atom is -0.462 e. The van der Waals surface area contributed by atoms with Crippen molar-refractivity contribution in [2.75, 3.05) is 12.3 Å². The van der Waals surface area contributed by atoms with E-state index in [0.29, 0.717) is 6.07 Å². The molecule has 1 rings (SSSR count). The Hall–Kier alpha value is -1.93. The van der Waals surface area contributed by atoms with E-state index >= 15 is 0 Å². The molecule has 0 aliphatic rings. The van der Waals surface area contributed by atoms with Gasteiger partial charge in [-0.25, -0.2) is 18.6 Å². The lowest BCUT2D eigenvalue weighted by Gasteiger charge is -2.13. The van der Waals surface area contributed by atoms with Crippen LogP contribution in [0.2, 0.25) is 0 Å². The van der Waals surface area contributed by atoms with Crippen molar-refractivity contribution in [2.24, 2.45) is 0 Å².